The van der Waals surface area contributed by atoms with Crippen molar-refractivity contribution in [1.82, 2.24) is 4.90 Å². The molecule has 1 aromatic carbocycles. The van der Waals surface area contributed by atoms with E-state index >= 15 is 0 Å². The highest BCUT2D eigenvalue weighted by atomic mass is 32.1. The van der Waals surface area contributed by atoms with Gasteiger partial charge in [0.05, 0.1) is 12.6 Å². The molecule has 2 aromatic rings. The Labute approximate surface area is 133 Å². The molecule has 0 aliphatic carbocycles. The quantitative estimate of drug-likeness (QED) is 0.841. The fourth-order valence-corrected chi connectivity index (χ4v) is 3.37. The van der Waals surface area contributed by atoms with E-state index in [0.29, 0.717) is 18.7 Å². The number of carbonyl (C=O) groups excluding carboxylic acids is 1. The van der Waals surface area contributed by atoms with Gasteiger partial charge in [0.25, 0.3) is 5.91 Å². The first kappa shape index (κ1) is 15.2. The van der Waals surface area contributed by atoms with Gasteiger partial charge >= 0.3 is 0 Å². The molecular weight excluding hydrogens is 301 g/mol. The molecule has 1 fully saturated rings. The zero-order valence-electron chi connectivity index (χ0n) is 12.2. The van der Waals surface area contributed by atoms with Crippen molar-refractivity contribution in [2.75, 3.05) is 13.2 Å². The minimum atomic E-state index is -0.390. The summed E-state index contributed by atoms with van der Waals surface area (Å²) in [6, 6.07) is 9.84. The summed E-state index contributed by atoms with van der Waals surface area (Å²) in [5.41, 5.74) is 0.384. The molecule has 1 amide bonds. The number of amides is 1. The van der Waals surface area contributed by atoms with Crippen LogP contribution in [0.25, 0.3) is 0 Å². The van der Waals surface area contributed by atoms with Gasteiger partial charge in [-0.2, -0.15) is 0 Å². The minimum absolute atomic E-state index is 0.0810. The van der Waals surface area contributed by atoms with Crippen LogP contribution in [0.2, 0.25) is 0 Å². The molecule has 116 valence electrons. The van der Waals surface area contributed by atoms with Gasteiger partial charge in [-0.25, -0.2) is 4.39 Å². The van der Waals surface area contributed by atoms with E-state index in [1.807, 2.05) is 17.5 Å². The molecule has 0 N–H and O–H groups in total. The summed E-state index contributed by atoms with van der Waals surface area (Å²) in [6.07, 6.45) is 2.08. The van der Waals surface area contributed by atoms with Crippen molar-refractivity contribution in [3.05, 3.63) is 58.0 Å². The van der Waals surface area contributed by atoms with Crippen molar-refractivity contribution in [1.29, 1.82) is 0 Å². The number of benzene rings is 1. The normalized spacial score (nSPS) is 17.6. The number of halogens is 1. The molecule has 0 spiro atoms. The van der Waals surface area contributed by atoms with E-state index in [9.17, 15) is 9.18 Å². The van der Waals surface area contributed by atoms with Gasteiger partial charge in [-0.15, -0.1) is 11.3 Å². The second-order valence-electron chi connectivity index (χ2n) is 5.41. The fourth-order valence-electron chi connectivity index (χ4n) is 2.65. The zero-order valence-corrected chi connectivity index (χ0v) is 13.0. The largest absolute Gasteiger partial charge is 0.376 e. The highest BCUT2D eigenvalue weighted by Crippen LogP contribution is 2.19. The zero-order chi connectivity index (χ0) is 15.4. The Balaban J connectivity index is 1.78. The molecule has 1 aromatic heterocycles. The summed E-state index contributed by atoms with van der Waals surface area (Å²) in [5, 5.41) is 1.99. The van der Waals surface area contributed by atoms with Gasteiger partial charge in [0.2, 0.25) is 0 Å². The van der Waals surface area contributed by atoms with Gasteiger partial charge in [0, 0.05) is 23.6 Å². The molecule has 3 nitrogen and oxygen atoms in total. The monoisotopic (exact) mass is 319 g/mol. The predicted molar refractivity (Wildman–Crippen MR) is 84.4 cm³/mol. The third-order valence-electron chi connectivity index (χ3n) is 3.73. The van der Waals surface area contributed by atoms with E-state index in [-0.39, 0.29) is 17.8 Å². The van der Waals surface area contributed by atoms with Gasteiger partial charge < -0.3 is 9.64 Å². The van der Waals surface area contributed by atoms with Crippen LogP contribution in [0, 0.1) is 5.82 Å². The Morgan fingerprint density at radius 3 is 2.95 bits per heavy atom. The van der Waals surface area contributed by atoms with Crippen molar-refractivity contribution in [2.24, 2.45) is 0 Å². The lowest BCUT2D eigenvalue weighted by Crippen LogP contribution is -2.36. The maximum Gasteiger partial charge on any atom is 0.254 e. The number of rotatable bonds is 5. The molecule has 1 aliphatic heterocycles. The van der Waals surface area contributed by atoms with E-state index in [2.05, 4.69) is 0 Å². The molecule has 5 heteroatoms. The third-order valence-corrected chi connectivity index (χ3v) is 4.59. The highest BCUT2D eigenvalue weighted by Gasteiger charge is 2.24. The van der Waals surface area contributed by atoms with Crippen LogP contribution in [0.15, 0.2) is 41.8 Å². The first-order chi connectivity index (χ1) is 10.7. The van der Waals surface area contributed by atoms with Crippen molar-refractivity contribution < 1.29 is 13.9 Å². The summed E-state index contributed by atoms with van der Waals surface area (Å²) in [7, 11) is 0. The SMILES string of the molecule is O=C(c1cccc(F)c1)N(Cc1cccs1)CC1CCCO1. The molecule has 0 radical (unpaired) electrons. The number of thiophene rings is 1. The molecule has 2 heterocycles. The van der Waals surface area contributed by atoms with E-state index in [4.69, 9.17) is 4.74 Å². The molecule has 3 rings (SSSR count). The summed E-state index contributed by atoms with van der Waals surface area (Å²) < 4.78 is 19.0. The highest BCUT2D eigenvalue weighted by molar-refractivity contribution is 7.09. The van der Waals surface area contributed by atoms with Gasteiger partial charge in [0.15, 0.2) is 0 Å². The molecule has 0 saturated carbocycles. The Morgan fingerprint density at radius 2 is 2.27 bits per heavy atom. The van der Waals surface area contributed by atoms with Crippen LogP contribution in [0.4, 0.5) is 4.39 Å². The van der Waals surface area contributed by atoms with Gasteiger partial charge in [-0.3, -0.25) is 4.79 Å². The van der Waals surface area contributed by atoms with Gasteiger partial charge in [-0.1, -0.05) is 12.1 Å². The first-order valence-corrected chi connectivity index (χ1v) is 8.29. The molecular formula is C17H18FNO2S. The molecule has 1 aliphatic rings. The van der Waals surface area contributed by atoms with Crippen LogP contribution in [0.3, 0.4) is 0 Å². The van der Waals surface area contributed by atoms with Crippen molar-refractivity contribution in [3.63, 3.8) is 0 Å². The number of hydrogen-bond donors (Lipinski definition) is 0. The lowest BCUT2D eigenvalue weighted by Gasteiger charge is -2.25. The van der Waals surface area contributed by atoms with Crippen LogP contribution < -0.4 is 0 Å². The Hall–Kier alpha value is -1.72. The molecule has 0 bridgehead atoms. The Morgan fingerprint density at radius 1 is 1.36 bits per heavy atom. The smallest absolute Gasteiger partial charge is 0.254 e. The maximum absolute atomic E-state index is 13.4. The van der Waals surface area contributed by atoms with Crippen molar-refractivity contribution in [3.8, 4) is 0 Å². The molecule has 22 heavy (non-hydrogen) atoms. The van der Waals surface area contributed by atoms with Crippen LogP contribution in [0.5, 0.6) is 0 Å². The van der Waals surface area contributed by atoms with E-state index in [1.165, 1.54) is 12.1 Å². The Bertz CT molecular complexity index is 623. The number of ether oxygens (including phenoxy) is 1. The summed E-state index contributed by atoms with van der Waals surface area (Å²) in [6.45, 7) is 1.84. The second-order valence-corrected chi connectivity index (χ2v) is 6.44. The minimum Gasteiger partial charge on any atom is -0.376 e. The molecule has 1 unspecified atom stereocenters. The predicted octanol–water partition coefficient (Wildman–Crippen LogP) is 3.71. The average Bonchev–Trinajstić information content (AvgIpc) is 3.19. The standard InChI is InChI=1S/C17H18FNO2S/c18-14-5-1-4-13(10-14)17(20)19(11-15-6-2-8-21-15)12-16-7-3-9-22-16/h1,3-5,7,9-10,15H,2,6,8,11-12H2. The lowest BCUT2D eigenvalue weighted by atomic mass is 10.1. The summed E-state index contributed by atoms with van der Waals surface area (Å²) in [5.74, 6) is -0.539. The lowest BCUT2D eigenvalue weighted by molar-refractivity contribution is 0.0509. The van der Waals surface area contributed by atoms with E-state index < -0.39 is 0 Å². The number of nitrogens with zero attached hydrogens (tertiary/aromatic N) is 1. The third kappa shape index (κ3) is 3.72. The van der Waals surface area contributed by atoms with Crippen molar-refractivity contribution >= 4 is 17.2 Å². The topological polar surface area (TPSA) is 29.5 Å². The number of carbonyl (C=O) groups is 1. The molecule has 1 saturated heterocycles. The van der Waals surface area contributed by atoms with E-state index in [0.717, 1.165) is 24.3 Å². The van der Waals surface area contributed by atoms with Gasteiger partial charge in [0.1, 0.15) is 5.82 Å². The summed E-state index contributed by atoms with van der Waals surface area (Å²) in [4.78, 5) is 15.6. The van der Waals surface area contributed by atoms with Crippen molar-refractivity contribution in [2.45, 2.75) is 25.5 Å². The van der Waals surface area contributed by atoms with Crippen LogP contribution in [0.1, 0.15) is 28.1 Å². The van der Waals surface area contributed by atoms with Crippen LogP contribution in [-0.4, -0.2) is 30.1 Å². The van der Waals surface area contributed by atoms with Crippen LogP contribution >= 0.6 is 11.3 Å². The van der Waals surface area contributed by atoms with Gasteiger partial charge in [-0.05, 0) is 42.5 Å². The Kier molecular flexibility index (Phi) is 4.85. The molecule has 1 atom stereocenters. The van der Waals surface area contributed by atoms with E-state index in [1.54, 1.807) is 28.4 Å². The average molecular weight is 319 g/mol. The fraction of sp³-hybridized carbons (Fsp3) is 0.353. The second kappa shape index (κ2) is 7.03. The maximum atomic E-state index is 13.4. The summed E-state index contributed by atoms with van der Waals surface area (Å²) >= 11 is 1.62. The number of hydrogen-bond acceptors (Lipinski definition) is 3. The van der Waals surface area contributed by atoms with Crippen LogP contribution in [-0.2, 0) is 11.3 Å². The first-order valence-electron chi connectivity index (χ1n) is 7.41.